The van der Waals surface area contributed by atoms with Crippen LogP contribution < -0.4 is 20.3 Å². The average Bonchev–Trinajstić information content (AvgIpc) is 2.96. The van der Waals surface area contributed by atoms with E-state index in [2.05, 4.69) is 49.4 Å². The Morgan fingerprint density at radius 1 is 1.12 bits per heavy atom. The van der Waals surface area contributed by atoms with E-state index in [9.17, 15) is 8.42 Å². The number of aromatic nitrogens is 2. The lowest BCUT2D eigenvalue weighted by Gasteiger charge is -2.20. The number of rotatable bonds is 7. The Morgan fingerprint density at radius 3 is 2.81 bits per heavy atom. The molecule has 0 bridgehead atoms. The zero-order chi connectivity index (χ0) is 22.5. The topological polar surface area (TPSA) is 99.2 Å². The molecule has 8 nitrogen and oxygen atoms in total. The minimum absolute atomic E-state index is 0.166. The van der Waals surface area contributed by atoms with Crippen LogP contribution in [-0.4, -0.2) is 32.0 Å². The second-order valence-electron chi connectivity index (χ2n) is 7.61. The SMILES string of the molecule is CN1CCCCc2cc(Nc3ncc(Cl)c(Nc4ccccc4CN[SH](=O)=O)n3)ccc21. The number of thiol groups is 1. The lowest BCUT2D eigenvalue weighted by molar-refractivity contribution is 0.601. The Hall–Kier alpha value is -2.88. The minimum atomic E-state index is -2.69. The fourth-order valence-electron chi connectivity index (χ4n) is 3.74. The molecule has 0 saturated heterocycles. The standard InChI is InChI=1S/C22H25ClN6O2S/c1-29-11-5-4-6-15-12-17(9-10-20(15)29)26-22-24-14-18(23)21(28-22)27-19-8-3-2-7-16(19)13-25-32(30)31/h2-3,7-10,12,14,32H,4-6,11,13H2,1H3,(H,25,30,31)(H2,24,26,27,28). The van der Waals surface area contributed by atoms with E-state index in [1.807, 2.05) is 30.3 Å². The summed E-state index contributed by atoms with van der Waals surface area (Å²) in [6, 6.07) is 13.7. The Balaban J connectivity index is 1.55. The van der Waals surface area contributed by atoms with Gasteiger partial charge in [0.25, 0.3) is 0 Å². The molecule has 1 aliphatic heterocycles. The van der Waals surface area contributed by atoms with E-state index in [1.165, 1.54) is 30.3 Å². The number of aryl methyl sites for hydroxylation is 1. The molecular weight excluding hydrogens is 448 g/mol. The van der Waals surface area contributed by atoms with Crippen LogP contribution in [0.3, 0.4) is 0 Å². The molecule has 0 saturated carbocycles. The summed E-state index contributed by atoms with van der Waals surface area (Å²) >= 11 is 6.32. The second-order valence-corrected chi connectivity index (χ2v) is 8.85. The number of halogens is 1. The van der Waals surface area contributed by atoms with Crippen molar-refractivity contribution >= 4 is 51.3 Å². The maximum absolute atomic E-state index is 10.9. The van der Waals surface area contributed by atoms with Gasteiger partial charge in [-0.25, -0.2) is 18.1 Å². The van der Waals surface area contributed by atoms with Gasteiger partial charge in [0.2, 0.25) is 16.8 Å². The third-order valence-electron chi connectivity index (χ3n) is 5.35. The molecule has 0 unspecified atom stereocenters. The summed E-state index contributed by atoms with van der Waals surface area (Å²) in [5, 5.41) is 6.81. The van der Waals surface area contributed by atoms with Crippen LogP contribution in [0, 0.1) is 0 Å². The highest BCUT2D eigenvalue weighted by atomic mass is 35.5. The van der Waals surface area contributed by atoms with Crippen LogP contribution in [0.4, 0.5) is 28.8 Å². The predicted octanol–water partition coefficient (Wildman–Crippen LogP) is 4.01. The first kappa shape index (κ1) is 22.3. The van der Waals surface area contributed by atoms with Crippen LogP contribution >= 0.6 is 11.6 Å². The molecular formula is C22H25ClN6O2S. The molecule has 168 valence electrons. The maximum atomic E-state index is 10.9. The van der Waals surface area contributed by atoms with Gasteiger partial charge in [0.1, 0.15) is 5.02 Å². The van der Waals surface area contributed by atoms with Crippen molar-refractivity contribution < 1.29 is 8.42 Å². The first-order valence-corrected chi connectivity index (χ1v) is 11.9. The number of benzene rings is 2. The van der Waals surface area contributed by atoms with Gasteiger partial charge in [-0.2, -0.15) is 4.98 Å². The van der Waals surface area contributed by atoms with Crippen LogP contribution in [0.2, 0.25) is 5.02 Å². The molecule has 0 fully saturated rings. The highest BCUT2D eigenvalue weighted by Gasteiger charge is 2.14. The first-order chi connectivity index (χ1) is 15.5. The first-order valence-electron chi connectivity index (χ1n) is 10.4. The fourth-order valence-corrected chi connectivity index (χ4v) is 4.18. The number of para-hydroxylation sites is 1. The molecule has 1 aromatic heterocycles. The molecule has 32 heavy (non-hydrogen) atoms. The van der Waals surface area contributed by atoms with Gasteiger partial charge in [0.05, 0.1) is 6.20 Å². The van der Waals surface area contributed by atoms with E-state index in [0.29, 0.717) is 22.5 Å². The van der Waals surface area contributed by atoms with Crippen molar-refractivity contribution in [3.8, 4) is 0 Å². The van der Waals surface area contributed by atoms with Crippen molar-refractivity contribution in [2.45, 2.75) is 25.8 Å². The molecule has 2 aromatic carbocycles. The number of nitrogens with zero attached hydrogens (tertiary/aromatic N) is 3. The molecule has 2 heterocycles. The van der Waals surface area contributed by atoms with E-state index in [4.69, 9.17) is 11.6 Å². The zero-order valence-corrected chi connectivity index (χ0v) is 19.3. The largest absolute Gasteiger partial charge is 0.374 e. The molecule has 1 aliphatic rings. The van der Waals surface area contributed by atoms with E-state index in [0.717, 1.165) is 24.2 Å². The third kappa shape index (κ3) is 5.48. The van der Waals surface area contributed by atoms with Crippen molar-refractivity contribution in [2.75, 3.05) is 29.1 Å². The summed E-state index contributed by atoms with van der Waals surface area (Å²) in [5.41, 5.74) is 4.95. The highest BCUT2D eigenvalue weighted by molar-refractivity contribution is 7.70. The summed E-state index contributed by atoms with van der Waals surface area (Å²) in [4.78, 5) is 11.1. The van der Waals surface area contributed by atoms with Crippen LogP contribution in [0.15, 0.2) is 48.7 Å². The number of nitrogens with one attached hydrogen (secondary N) is 3. The molecule has 4 rings (SSSR count). The van der Waals surface area contributed by atoms with Gasteiger partial charge in [-0.05, 0) is 54.7 Å². The number of fused-ring (bicyclic) bond motifs is 1. The molecule has 0 amide bonds. The summed E-state index contributed by atoms with van der Waals surface area (Å²) in [7, 11) is -0.561. The quantitative estimate of drug-likeness (QED) is 0.385. The van der Waals surface area contributed by atoms with Gasteiger partial charge in [0.15, 0.2) is 5.82 Å². The van der Waals surface area contributed by atoms with Crippen molar-refractivity contribution in [1.82, 2.24) is 14.7 Å². The van der Waals surface area contributed by atoms with E-state index >= 15 is 0 Å². The van der Waals surface area contributed by atoms with Crippen LogP contribution in [0.25, 0.3) is 0 Å². The molecule has 0 spiro atoms. The number of hydrogen-bond acceptors (Lipinski definition) is 7. The molecule has 0 radical (unpaired) electrons. The van der Waals surface area contributed by atoms with Gasteiger partial charge < -0.3 is 15.5 Å². The van der Waals surface area contributed by atoms with Crippen molar-refractivity contribution in [1.29, 1.82) is 0 Å². The Kier molecular flexibility index (Phi) is 7.09. The van der Waals surface area contributed by atoms with Crippen LogP contribution in [-0.2, 0) is 23.9 Å². The average molecular weight is 473 g/mol. The van der Waals surface area contributed by atoms with E-state index < -0.39 is 10.9 Å². The number of hydrogen-bond donors (Lipinski definition) is 4. The lowest BCUT2D eigenvalue weighted by atomic mass is 10.1. The smallest absolute Gasteiger partial charge is 0.229 e. The van der Waals surface area contributed by atoms with Crippen molar-refractivity contribution in [3.05, 3.63) is 64.8 Å². The highest BCUT2D eigenvalue weighted by Crippen LogP contribution is 2.30. The van der Waals surface area contributed by atoms with Gasteiger partial charge in [0, 0.05) is 37.2 Å². The zero-order valence-electron chi connectivity index (χ0n) is 17.6. The van der Waals surface area contributed by atoms with Crippen LogP contribution in [0.5, 0.6) is 0 Å². The van der Waals surface area contributed by atoms with Gasteiger partial charge >= 0.3 is 0 Å². The Morgan fingerprint density at radius 2 is 1.97 bits per heavy atom. The van der Waals surface area contributed by atoms with Gasteiger partial charge in [-0.15, -0.1) is 0 Å². The summed E-state index contributed by atoms with van der Waals surface area (Å²) in [5.74, 6) is 0.842. The molecule has 3 aromatic rings. The Labute approximate surface area is 194 Å². The Bertz CT molecular complexity index is 1180. The normalized spacial score (nSPS) is 13.5. The minimum Gasteiger partial charge on any atom is -0.374 e. The van der Waals surface area contributed by atoms with Gasteiger partial charge in [-0.3, -0.25) is 0 Å². The number of anilines is 5. The van der Waals surface area contributed by atoms with Crippen LogP contribution in [0.1, 0.15) is 24.0 Å². The molecule has 0 aliphatic carbocycles. The monoisotopic (exact) mass is 472 g/mol. The summed E-state index contributed by atoms with van der Waals surface area (Å²) in [6.45, 7) is 1.23. The summed E-state index contributed by atoms with van der Waals surface area (Å²) < 4.78 is 24.2. The maximum Gasteiger partial charge on any atom is 0.229 e. The van der Waals surface area contributed by atoms with Crippen molar-refractivity contribution in [3.63, 3.8) is 0 Å². The van der Waals surface area contributed by atoms with E-state index in [1.54, 1.807) is 0 Å². The van der Waals surface area contributed by atoms with Crippen molar-refractivity contribution in [2.24, 2.45) is 0 Å². The molecule has 0 atom stereocenters. The summed E-state index contributed by atoms with van der Waals surface area (Å²) in [6.07, 6.45) is 4.93. The second kappa shape index (κ2) is 10.2. The lowest BCUT2D eigenvalue weighted by Crippen LogP contribution is -2.17. The fraction of sp³-hybridized carbons (Fsp3) is 0.273. The molecule has 10 heteroatoms. The van der Waals surface area contributed by atoms with Gasteiger partial charge in [-0.1, -0.05) is 29.8 Å². The van der Waals surface area contributed by atoms with E-state index in [-0.39, 0.29) is 6.54 Å². The predicted molar refractivity (Wildman–Crippen MR) is 130 cm³/mol. The third-order valence-corrected chi connectivity index (χ3v) is 6.04. The molecule has 3 N–H and O–H groups in total.